The number of carbonyl (C=O) groups is 1. The van der Waals surface area contributed by atoms with E-state index >= 15 is 0 Å². The van der Waals surface area contributed by atoms with Gasteiger partial charge in [0.1, 0.15) is 11.6 Å². The van der Waals surface area contributed by atoms with Gasteiger partial charge in [0.2, 0.25) is 6.10 Å². The Labute approximate surface area is 260 Å². The number of amidine groups is 1. The maximum absolute atomic E-state index is 12.3. The summed E-state index contributed by atoms with van der Waals surface area (Å²) >= 11 is 0. The predicted molar refractivity (Wildman–Crippen MR) is 172 cm³/mol. The molecule has 234 valence electrons. The Bertz CT molecular complexity index is 1430. The van der Waals surface area contributed by atoms with Crippen molar-refractivity contribution < 1.29 is 24.2 Å². The number of unbranched alkanes of at least 4 members (excludes halogenated alkanes) is 1. The zero-order chi connectivity index (χ0) is 31.5. The van der Waals surface area contributed by atoms with Crippen LogP contribution in [-0.2, 0) is 28.9 Å². The van der Waals surface area contributed by atoms with E-state index in [0.29, 0.717) is 41.9 Å². The van der Waals surface area contributed by atoms with E-state index in [0.717, 1.165) is 73.1 Å². The molecule has 3 aromatic rings. The summed E-state index contributed by atoms with van der Waals surface area (Å²) in [6.07, 6.45) is 8.79. The lowest BCUT2D eigenvalue weighted by Crippen LogP contribution is -2.34. The lowest BCUT2D eigenvalue weighted by Gasteiger charge is -2.29. The SMILES string of the molecule is CCCCC1=C(Cc2cc(CCC)c(OC(C(=O)O)c3ccccc3)c(CCC)c2)ON(c2ncc(OCC)cn2)C(C)=N1. The van der Waals surface area contributed by atoms with Crippen LogP contribution in [0.3, 0.4) is 0 Å². The van der Waals surface area contributed by atoms with Crippen molar-refractivity contribution in [3.8, 4) is 11.5 Å². The highest BCUT2D eigenvalue weighted by atomic mass is 16.7. The molecule has 9 nitrogen and oxygen atoms in total. The van der Waals surface area contributed by atoms with Crippen LogP contribution in [0.25, 0.3) is 0 Å². The predicted octanol–water partition coefficient (Wildman–Crippen LogP) is 7.80. The molecule has 2 aromatic carbocycles. The lowest BCUT2D eigenvalue weighted by molar-refractivity contribution is -0.145. The highest BCUT2D eigenvalue weighted by Gasteiger charge is 2.27. The van der Waals surface area contributed by atoms with Crippen LogP contribution in [0.15, 0.2) is 71.3 Å². The first-order chi connectivity index (χ1) is 21.4. The molecule has 1 aliphatic rings. The van der Waals surface area contributed by atoms with Crippen LogP contribution in [0.1, 0.15) is 95.1 Å². The quantitative estimate of drug-likeness (QED) is 0.178. The van der Waals surface area contributed by atoms with E-state index in [4.69, 9.17) is 19.3 Å². The number of rotatable bonds is 16. The highest BCUT2D eigenvalue weighted by Crippen LogP contribution is 2.35. The minimum Gasteiger partial charge on any atom is -0.491 e. The van der Waals surface area contributed by atoms with Gasteiger partial charge in [-0.25, -0.2) is 19.8 Å². The largest absolute Gasteiger partial charge is 0.491 e. The number of aryl methyl sites for hydroxylation is 2. The van der Waals surface area contributed by atoms with E-state index in [2.05, 4.69) is 42.9 Å². The van der Waals surface area contributed by atoms with Gasteiger partial charge in [0.15, 0.2) is 11.5 Å². The zero-order valence-corrected chi connectivity index (χ0v) is 26.5. The standard InChI is InChI=1S/C35H44N4O5/c1-6-10-18-30-31(44-39(24(5)38-30)35-36-22-29(23-37-35)42-9-4)21-25-19-27(14-7-2)32(28(20-25)15-8-3)43-33(34(40)41)26-16-12-11-13-17-26/h11-13,16-17,19-20,22-23,33H,6-10,14-15,18,21H2,1-5H3,(H,40,41). The van der Waals surface area contributed by atoms with Crippen LogP contribution in [0.2, 0.25) is 0 Å². The van der Waals surface area contributed by atoms with Gasteiger partial charge in [-0.1, -0.05) is 82.5 Å². The summed E-state index contributed by atoms with van der Waals surface area (Å²) in [5, 5.41) is 11.7. The molecule has 0 fully saturated rings. The zero-order valence-electron chi connectivity index (χ0n) is 26.5. The molecule has 1 unspecified atom stereocenters. The summed E-state index contributed by atoms with van der Waals surface area (Å²) in [6.45, 7) is 10.7. The van der Waals surface area contributed by atoms with Gasteiger partial charge in [0.05, 0.1) is 24.7 Å². The third kappa shape index (κ3) is 8.15. The first-order valence-electron chi connectivity index (χ1n) is 15.7. The number of hydrogen-bond acceptors (Lipinski definition) is 8. The fourth-order valence-corrected chi connectivity index (χ4v) is 5.23. The number of carboxylic acids is 1. The van der Waals surface area contributed by atoms with Crippen LogP contribution in [-0.4, -0.2) is 33.5 Å². The van der Waals surface area contributed by atoms with Gasteiger partial charge in [-0.3, -0.25) is 0 Å². The summed E-state index contributed by atoms with van der Waals surface area (Å²) in [6, 6.07) is 13.4. The fourth-order valence-electron chi connectivity index (χ4n) is 5.23. The van der Waals surface area contributed by atoms with E-state index in [1.165, 1.54) is 0 Å². The maximum atomic E-state index is 12.3. The van der Waals surface area contributed by atoms with E-state index in [1.54, 1.807) is 29.6 Å². The second-order valence-corrected chi connectivity index (χ2v) is 10.8. The Balaban J connectivity index is 1.71. The van der Waals surface area contributed by atoms with Crippen molar-refractivity contribution >= 4 is 17.8 Å². The number of nitrogens with zero attached hydrogens (tertiary/aromatic N) is 4. The third-order valence-corrected chi connectivity index (χ3v) is 7.26. The summed E-state index contributed by atoms with van der Waals surface area (Å²) < 4.78 is 11.9. The van der Waals surface area contributed by atoms with Crippen LogP contribution < -0.4 is 14.5 Å². The third-order valence-electron chi connectivity index (χ3n) is 7.26. The minimum absolute atomic E-state index is 0.379. The Morgan fingerprint density at radius 1 is 0.955 bits per heavy atom. The van der Waals surface area contributed by atoms with Crippen molar-refractivity contribution in [3.63, 3.8) is 0 Å². The molecule has 9 heteroatoms. The second kappa shape index (κ2) is 15.9. The van der Waals surface area contributed by atoms with Crippen molar-refractivity contribution in [3.05, 3.63) is 88.6 Å². The molecule has 1 aliphatic heterocycles. The van der Waals surface area contributed by atoms with E-state index in [9.17, 15) is 9.90 Å². The summed E-state index contributed by atoms with van der Waals surface area (Å²) in [7, 11) is 0. The normalized spacial score (nSPS) is 13.8. The van der Waals surface area contributed by atoms with Gasteiger partial charge in [-0.05, 0) is 56.2 Å². The van der Waals surface area contributed by atoms with Gasteiger partial charge in [-0.15, -0.1) is 5.06 Å². The van der Waals surface area contributed by atoms with Gasteiger partial charge >= 0.3 is 5.97 Å². The molecular formula is C35H44N4O5. The molecule has 0 aliphatic carbocycles. The van der Waals surface area contributed by atoms with Crippen molar-refractivity contribution in [2.24, 2.45) is 4.99 Å². The first-order valence-corrected chi connectivity index (χ1v) is 15.7. The van der Waals surface area contributed by atoms with Crippen LogP contribution >= 0.6 is 0 Å². The van der Waals surface area contributed by atoms with Crippen molar-refractivity contribution in [2.75, 3.05) is 11.7 Å². The summed E-state index contributed by atoms with van der Waals surface area (Å²) in [5.74, 6) is 2.02. The van der Waals surface area contributed by atoms with Gasteiger partial charge in [0.25, 0.3) is 5.95 Å². The molecule has 0 saturated heterocycles. The van der Waals surface area contributed by atoms with Crippen LogP contribution in [0, 0.1) is 0 Å². The molecule has 0 saturated carbocycles. The number of benzene rings is 2. The number of aliphatic carboxylic acids is 1. The minimum atomic E-state index is -1.10. The second-order valence-electron chi connectivity index (χ2n) is 10.8. The Morgan fingerprint density at radius 3 is 2.18 bits per heavy atom. The smallest absolute Gasteiger partial charge is 0.349 e. The van der Waals surface area contributed by atoms with Gasteiger partial charge in [0, 0.05) is 12.0 Å². The number of carboxylic acid groups (broad SMARTS) is 1. The molecular weight excluding hydrogens is 556 g/mol. The van der Waals surface area contributed by atoms with Gasteiger partial charge < -0.3 is 19.4 Å². The molecule has 44 heavy (non-hydrogen) atoms. The number of allylic oxidation sites excluding steroid dienone is 2. The molecule has 2 heterocycles. The van der Waals surface area contributed by atoms with E-state index < -0.39 is 12.1 Å². The van der Waals surface area contributed by atoms with Crippen LogP contribution in [0.5, 0.6) is 11.5 Å². The molecule has 4 rings (SSSR count). The van der Waals surface area contributed by atoms with Gasteiger partial charge in [-0.2, -0.15) is 0 Å². The van der Waals surface area contributed by atoms with E-state index in [1.807, 2.05) is 32.0 Å². The number of aromatic nitrogens is 2. The first kappa shape index (κ1) is 32.5. The molecule has 0 spiro atoms. The molecule has 1 N–H and O–H groups in total. The number of aliphatic imine (C=N–C) groups is 1. The number of ether oxygens (including phenoxy) is 2. The Hall–Kier alpha value is -4.40. The number of hydroxylamine groups is 1. The van der Waals surface area contributed by atoms with Crippen molar-refractivity contribution in [1.29, 1.82) is 0 Å². The summed E-state index contributed by atoms with van der Waals surface area (Å²) in [5.41, 5.74) is 4.57. The monoisotopic (exact) mass is 600 g/mol. The Kier molecular flexibility index (Phi) is 11.7. The molecule has 1 atom stereocenters. The highest BCUT2D eigenvalue weighted by molar-refractivity contribution is 5.94. The fraction of sp³-hybridized carbons (Fsp3) is 0.429. The van der Waals surface area contributed by atoms with Crippen molar-refractivity contribution in [1.82, 2.24) is 9.97 Å². The van der Waals surface area contributed by atoms with Crippen LogP contribution in [0.4, 0.5) is 5.95 Å². The molecule has 0 amide bonds. The molecule has 0 radical (unpaired) electrons. The van der Waals surface area contributed by atoms with Crippen molar-refractivity contribution in [2.45, 2.75) is 92.1 Å². The average molecular weight is 601 g/mol. The Morgan fingerprint density at radius 2 is 1.61 bits per heavy atom. The number of hydrogen-bond donors (Lipinski definition) is 1. The van der Waals surface area contributed by atoms with E-state index in [-0.39, 0.29) is 0 Å². The molecule has 1 aromatic heterocycles. The maximum Gasteiger partial charge on any atom is 0.349 e. The number of anilines is 1. The average Bonchev–Trinajstić information content (AvgIpc) is 3.02. The lowest BCUT2D eigenvalue weighted by atomic mass is 9.95. The topological polar surface area (TPSA) is 106 Å². The summed E-state index contributed by atoms with van der Waals surface area (Å²) in [4.78, 5) is 32.7. The molecule has 0 bridgehead atoms.